The SMILES string of the molecule is CNC(C)c1ccc(N2CCCC(OC)C2)cc1. The van der Waals surface area contributed by atoms with Crippen LogP contribution >= 0.6 is 0 Å². The van der Waals surface area contributed by atoms with Crippen molar-refractivity contribution in [1.82, 2.24) is 5.32 Å². The first-order valence-electron chi connectivity index (χ1n) is 6.79. The lowest BCUT2D eigenvalue weighted by atomic mass is 10.1. The molecule has 0 aromatic heterocycles. The van der Waals surface area contributed by atoms with Crippen LogP contribution in [0.1, 0.15) is 31.4 Å². The van der Waals surface area contributed by atoms with Crippen molar-refractivity contribution in [3.63, 3.8) is 0 Å². The number of rotatable bonds is 4. The van der Waals surface area contributed by atoms with E-state index in [2.05, 4.69) is 41.4 Å². The first-order chi connectivity index (χ1) is 8.74. The molecule has 1 aliphatic heterocycles. The van der Waals surface area contributed by atoms with Gasteiger partial charge in [0.05, 0.1) is 6.10 Å². The summed E-state index contributed by atoms with van der Waals surface area (Å²) in [4.78, 5) is 2.42. The molecule has 0 amide bonds. The lowest BCUT2D eigenvalue weighted by molar-refractivity contribution is 0.0893. The van der Waals surface area contributed by atoms with E-state index >= 15 is 0 Å². The van der Waals surface area contributed by atoms with Crippen LogP contribution in [0.4, 0.5) is 5.69 Å². The van der Waals surface area contributed by atoms with Gasteiger partial charge in [0.25, 0.3) is 0 Å². The zero-order valence-corrected chi connectivity index (χ0v) is 11.6. The summed E-state index contributed by atoms with van der Waals surface area (Å²) in [5.41, 5.74) is 2.64. The van der Waals surface area contributed by atoms with E-state index in [4.69, 9.17) is 4.74 Å². The fraction of sp³-hybridized carbons (Fsp3) is 0.600. The molecule has 0 bridgehead atoms. The minimum Gasteiger partial charge on any atom is -0.380 e. The molecule has 0 radical (unpaired) electrons. The van der Waals surface area contributed by atoms with Gasteiger partial charge in [0.1, 0.15) is 0 Å². The molecule has 0 saturated carbocycles. The zero-order chi connectivity index (χ0) is 13.0. The third-order valence-electron chi connectivity index (χ3n) is 3.90. The summed E-state index contributed by atoms with van der Waals surface area (Å²) in [6, 6.07) is 9.29. The van der Waals surface area contributed by atoms with E-state index in [-0.39, 0.29) is 0 Å². The van der Waals surface area contributed by atoms with Crippen LogP contribution in [0.25, 0.3) is 0 Å². The Bertz CT molecular complexity index is 363. The average molecular weight is 248 g/mol. The number of nitrogens with one attached hydrogen (secondary N) is 1. The molecular weight excluding hydrogens is 224 g/mol. The largest absolute Gasteiger partial charge is 0.380 e. The highest BCUT2D eigenvalue weighted by molar-refractivity contribution is 5.48. The fourth-order valence-electron chi connectivity index (χ4n) is 2.51. The van der Waals surface area contributed by atoms with Crippen molar-refractivity contribution in [2.24, 2.45) is 0 Å². The number of hydrogen-bond acceptors (Lipinski definition) is 3. The number of hydrogen-bond donors (Lipinski definition) is 1. The van der Waals surface area contributed by atoms with E-state index in [0.717, 1.165) is 13.1 Å². The quantitative estimate of drug-likeness (QED) is 0.886. The Morgan fingerprint density at radius 2 is 2.06 bits per heavy atom. The lowest BCUT2D eigenvalue weighted by Crippen LogP contribution is -2.39. The van der Waals surface area contributed by atoms with Crippen LogP contribution in [0, 0.1) is 0 Å². The molecule has 18 heavy (non-hydrogen) atoms. The average Bonchev–Trinajstić information content (AvgIpc) is 2.46. The minimum absolute atomic E-state index is 0.384. The number of ether oxygens (including phenoxy) is 1. The Balaban J connectivity index is 2.04. The normalized spacial score (nSPS) is 21.9. The number of benzene rings is 1. The third-order valence-corrected chi connectivity index (χ3v) is 3.90. The van der Waals surface area contributed by atoms with Crippen LogP contribution in [0.5, 0.6) is 0 Å². The maximum atomic E-state index is 5.47. The van der Waals surface area contributed by atoms with E-state index in [1.54, 1.807) is 0 Å². The van der Waals surface area contributed by atoms with Crippen molar-refractivity contribution in [1.29, 1.82) is 0 Å². The Morgan fingerprint density at radius 1 is 1.33 bits per heavy atom. The molecular formula is C15H24N2O. The summed E-state index contributed by atoms with van der Waals surface area (Å²) in [6.07, 6.45) is 2.78. The lowest BCUT2D eigenvalue weighted by Gasteiger charge is -2.33. The van der Waals surface area contributed by atoms with Gasteiger partial charge in [0.2, 0.25) is 0 Å². The van der Waals surface area contributed by atoms with Crippen molar-refractivity contribution >= 4 is 5.69 Å². The second kappa shape index (κ2) is 6.21. The first kappa shape index (κ1) is 13.4. The molecule has 2 atom stereocenters. The van der Waals surface area contributed by atoms with Crippen LogP contribution in [0.3, 0.4) is 0 Å². The number of nitrogens with zero attached hydrogens (tertiary/aromatic N) is 1. The summed E-state index contributed by atoms with van der Waals surface area (Å²) in [7, 11) is 3.80. The third kappa shape index (κ3) is 3.03. The van der Waals surface area contributed by atoms with Gasteiger partial charge in [-0.3, -0.25) is 0 Å². The molecule has 3 heteroatoms. The molecule has 1 aliphatic rings. The van der Waals surface area contributed by atoms with E-state index in [1.165, 1.54) is 24.1 Å². The van der Waals surface area contributed by atoms with Crippen molar-refractivity contribution in [2.75, 3.05) is 32.1 Å². The molecule has 0 aliphatic carbocycles. The van der Waals surface area contributed by atoms with Gasteiger partial charge in [-0.05, 0) is 44.5 Å². The second-order valence-electron chi connectivity index (χ2n) is 5.05. The highest BCUT2D eigenvalue weighted by Gasteiger charge is 2.19. The second-order valence-corrected chi connectivity index (χ2v) is 5.05. The van der Waals surface area contributed by atoms with Gasteiger partial charge in [-0.2, -0.15) is 0 Å². The van der Waals surface area contributed by atoms with E-state index in [9.17, 15) is 0 Å². The molecule has 0 spiro atoms. The molecule has 2 rings (SSSR count). The fourth-order valence-corrected chi connectivity index (χ4v) is 2.51. The first-order valence-corrected chi connectivity index (χ1v) is 6.79. The van der Waals surface area contributed by atoms with Crippen molar-refractivity contribution in [3.05, 3.63) is 29.8 Å². The molecule has 1 saturated heterocycles. The zero-order valence-electron chi connectivity index (χ0n) is 11.6. The smallest absolute Gasteiger partial charge is 0.0746 e. The number of piperidine rings is 1. The monoisotopic (exact) mass is 248 g/mol. The van der Waals surface area contributed by atoms with Gasteiger partial charge >= 0.3 is 0 Å². The van der Waals surface area contributed by atoms with Crippen LogP contribution in [0.15, 0.2) is 24.3 Å². The highest BCUT2D eigenvalue weighted by Crippen LogP contribution is 2.23. The van der Waals surface area contributed by atoms with Crippen LogP contribution in [-0.4, -0.2) is 33.4 Å². The van der Waals surface area contributed by atoms with Crippen LogP contribution < -0.4 is 10.2 Å². The van der Waals surface area contributed by atoms with Crippen LogP contribution in [0.2, 0.25) is 0 Å². The predicted molar refractivity (Wildman–Crippen MR) is 76.2 cm³/mol. The van der Waals surface area contributed by atoms with Gasteiger partial charge in [0, 0.05) is 31.9 Å². The number of methoxy groups -OCH3 is 1. The van der Waals surface area contributed by atoms with Crippen molar-refractivity contribution < 1.29 is 4.74 Å². The minimum atomic E-state index is 0.384. The van der Waals surface area contributed by atoms with Gasteiger partial charge < -0.3 is 15.0 Å². The summed E-state index contributed by atoms with van der Waals surface area (Å²) >= 11 is 0. The summed E-state index contributed by atoms with van der Waals surface area (Å²) in [5.74, 6) is 0. The molecule has 1 heterocycles. The molecule has 1 aromatic carbocycles. The van der Waals surface area contributed by atoms with Crippen LogP contribution in [-0.2, 0) is 4.74 Å². The maximum absolute atomic E-state index is 5.47. The Kier molecular flexibility index (Phi) is 4.61. The Hall–Kier alpha value is -1.06. The Morgan fingerprint density at radius 3 is 2.67 bits per heavy atom. The summed E-state index contributed by atoms with van der Waals surface area (Å²) in [5, 5.41) is 3.26. The van der Waals surface area contributed by atoms with E-state index in [1.807, 2.05) is 14.2 Å². The molecule has 2 unspecified atom stereocenters. The molecule has 1 aromatic rings. The Labute approximate surface area is 110 Å². The van der Waals surface area contributed by atoms with Crippen molar-refractivity contribution in [3.8, 4) is 0 Å². The number of anilines is 1. The van der Waals surface area contributed by atoms with Gasteiger partial charge in [0.15, 0.2) is 0 Å². The highest BCUT2D eigenvalue weighted by atomic mass is 16.5. The maximum Gasteiger partial charge on any atom is 0.0746 e. The van der Waals surface area contributed by atoms with Gasteiger partial charge in [-0.1, -0.05) is 12.1 Å². The summed E-state index contributed by atoms with van der Waals surface area (Å²) in [6.45, 7) is 4.33. The van der Waals surface area contributed by atoms with Crippen molar-refractivity contribution in [2.45, 2.75) is 31.9 Å². The molecule has 3 nitrogen and oxygen atoms in total. The predicted octanol–water partition coefficient (Wildman–Crippen LogP) is 2.58. The molecule has 1 fully saturated rings. The summed E-state index contributed by atoms with van der Waals surface area (Å²) < 4.78 is 5.47. The van der Waals surface area contributed by atoms with Gasteiger partial charge in [-0.15, -0.1) is 0 Å². The van der Waals surface area contributed by atoms with E-state index < -0.39 is 0 Å². The molecule has 100 valence electrons. The molecule has 1 N–H and O–H groups in total. The van der Waals surface area contributed by atoms with Gasteiger partial charge in [-0.25, -0.2) is 0 Å². The topological polar surface area (TPSA) is 24.5 Å². The standard InChI is InChI=1S/C15H24N2O/c1-12(16-2)13-6-8-14(9-7-13)17-10-4-5-15(11-17)18-3/h6-9,12,15-16H,4-5,10-11H2,1-3H3. The van der Waals surface area contributed by atoms with E-state index in [0.29, 0.717) is 12.1 Å².